The van der Waals surface area contributed by atoms with Crippen molar-refractivity contribution in [3.05, 3.63) is 136 Å². The summed E-state index contributed by atoms with van der Waals surface area (Å²) in [5.74, 6) is 0. The molecule has 0 unspecified atom stereocenters. The number of hydrogen-bond acceptors (Lipinski definition) is 1. The lowest BCUT2D eigenvalue weighted by atomic mass is 10.1. The van der Waals surface area contributed by atoms with Crippen LogP contribution >= 0.6 is 11.6 Å². The van der Waals surface area contributed by atoms with Crippen molar-refractivity contribution in [3.63, 3.8) is 0 Å². The van der Waals surface area contributed by atoms with Gasteiger partial charge in [-0.15, -0.1) is 0 Å². The van der Waals surface area contributed by atoms with Gasteiger partial charge in [-0.1, -0.05) is 95.6 Å². The van der Waals surface area contributed by atoms with Crippen molar-refractivity contribution in [1.82, 2.24) is 0 Å². The minimum Gasteiger partial charge on any atom is -0.311 e. The van der Waals surface area contributed by atoms with Gasteiger partial charge in [0.25, 0.3) is 0 Å². The highest BCUT2D eigenvalue weighted by molar-refractivity contribution is 6.30. The summed E-state index contributed by atoms with van der Waals surface area (Å²) in [5.41, 5.74) is 8.21. The standard InChI is InChI=1S/C30H26ClN/c1-23-7-17-28(18-8-23)32(29-19-9-24(2)10-20-29)30-21-13-26(14-22-30)6-4-3-5-25-11-15-27(31)16-12-25/h3-22H,1-2H3/b5-3+,6-4+. The van der Waals surface area contributed by atoms with Crippen molar-refractivity contribution in [2.24, 2.45) is 0 Å². The number of aryl methyl sites for hydroxylation is 2. The predicted molar refractivity (Wildman–Crippen MR) is 140 cm³/mol. The van der Waals surface area contributed by atoms with Crippen molar-refractivity contribution in [3.8, 4) is 0 Å². The van der Waals surface area contributed by atoms with E-state index in [9.17, 15) is 0 Å². The fraction of sp³-hybridized carbons (Fsp3) is 0.0667. The van der Waals surface area contributed by atoms with E-state index in [0.29, 0.717) is 0 Å². The first-order valence-corrected chi connectivity index (χ1v) is 11.1. The van der Waals surface area contributed by atoms with Gasteiger partial charge in [-0.05, 0) is 73.5 Å². The van der Waals surface area contributed by atoms with Crippen LogP contribution in [0.4, 0.5) is 17.1 Å². The van der Waals surface area contributed by atoms with Gasteiger partial charge in [0.05, 0.1) is 0 Å². The topological polar surface area (TPSA) is 3.24 Å². The lowest BCUT2D eigenvalue weighted by Gasteiger charge is -2.25. The zero-order valence-corrected chi connectivity index (χ0v) is 19.1. The van der Waals surface area contributed by atoms with Crippen LogP contribution < -0.4 is 4.90 Å². The highest BCUT2D eigenvalue weighted by Crippen LogP contribution is 2.34. The molecule has 0 spiro atoms. The molecule has 0 atom stereocenters. The molecule has 0 bridgehead atoms. The zero-order valence-electron chi connectivity index (χ0n) is 18.4. The van der Waals surface area contributed by atoms with E-state index < -0.39 is 0 Å². The molecule has 0 saturated heterocycles. The zero-order chi connectivity index (χ0) is 22.3. The predicted octanol–water partition coefficient (Wildman–Crippen LogP) is 9.15. The van der Waals surface area contributed by atoms with Crippen molar-refractivity contribution in [2.45, 2.75) is 13.8 Å². The third-order valence-corrected chi connectivity index (χ3v) is 5.55. The van der Waals surface area contributed by atoms with Gasteiger partial charge in [0.2, 0.25) is 0 Å². The summed E-state index contributed by atoms with van der Waals surface area (Å²) in [6.07, 6.45) is 8.28. The molecule has 4 aromatic rings. The Balaban J connectivity index is 1.55. The third kappa shape index (κ3) is 5.57. The number of hydrogen-bond donors (Lipinski definition) is 0. The van der Waals surface area contributed by atoms with Gasteiger partial charge in [-0.3, -0.25) is 0 Å². The molecule has 4 rings (SSSR count). The van der Waals surface area contributed by atoms with Gasteiger partial charge in [-0.25, -0.2) is 0 Å². The molecule has 0 fully saturated rings. The Bertz CT molecular complexity index is 1150. The van der Waals surface area contributed by atoms with Crippen LogP contribution in [0.5, 0.6) is 0 Å². The van der Waals surface area contributed by atoms with E-state index in [1.54, 1.807) is 0 Å². The first-order valence-electron chi connectivity index (χ1n) is 10.7. The van der Waals surface area contributed by atoms with E-state index in [2.05, 4.69) is 110 Å². The monoisotopic (exact) mass is 435 g/mol. The summed E-state index contributed by atoms with van der Waals surface area (Å²) in [4.78, 5) is 2.28. The smallest absolute Gasteiger partial charge is 0.0462 e. The van der Waals surface area contributed by atoms with Gasteiger partial charge >= 0.3 is 0 Å². The fourth-order valence-electron chi connectivity index (χ4n) is 3.48. The van der Waals surface area contributed by atoms with Gasteiger partial charge in [-0.2, -0.15) is 0 Å². The molecule has 158 valence electrons. The molecule has 0 radical (unpaired) electrons. The maximum atomic E-state index is 5.94. The Morgan fingerprint density at radius 2 is 0.844 bits per heavy atom. The van der Waals surface area contributed by atoms with Crippen LogP contribution in [0.25, 0.3) is 12.2 Å². The highest BCUT2D eigenvalue weighted by atomic mass is 35.5. The van der Waals surface area contributed by atoms with Crippen molar-refractivity contribution in [1.29, 1.82) is 0 Å². The Labute approximate surface area is 195 Å². The third-order valence-electron chi connectivity index (χ3n) is 5.29. The molecular formula is C30H26ClN. The minimum atomic E-state index is 0.753. The lowest BCUT2D eigenvalue weighted by Crippen LogP contribution is -2.09. The molecule has 2 heteroatoms. The molecule has 32 heavy (non-hydrogen) atoms. The van der Waals surface area contributed by atoms with E-state index in [-0.39, 0.29) is 0 Å². The van der Waals surface area contributed by atoms with Crippen molar-refractivity contribution in [2.75, 3.05) is 4.90 Å². The van der Waals surface area contributed by atoms with E-state index >= 15 is 0 Å². The lowest BCUT2D eigenvalue weighted by molar-refractivity contribution is 1.27. The Kier molecular flexibility index (Phi) is 6.89. The summed E-state index contributed by atoms with van der Waals surface area (Å²) in [5, 5.41) is 0.753. The Morgan fingerprint density at radius 3 is 1.25 bits per heavy atom. The van der Waals surface area contributed by atoms with Crippen LogP contribution in [-0.2, 0) is 0 Å². The normalized spacial score (nSPS) is 11.3. The van der Waals surface area contributed by atoms with Crippen molar-refractivity contribution < 1.29 is 0 Å². The summed E-state index contributed by atoms with van der Waals surface area (Å²) >= 11 is 5.94. The molecule has 0 aliphatic carbocycles. The number of benzene rings is 4. The van der Waals surface area contributed by atoms with Gasteiger partial charge in [0.15, 0.2) is 0 Å². The number of rotatable bonds is 6. The van der Waals surface area contributed by atoms with Crippen LogP contribution in [-0.4, -0.2) is 0 Å². The highest BCUT2D eigenvalue weighted by Gasteiger charge is 2.11. The van der Waals surface area contributed by atoms with E-state index in [1.807, 2.05) is 30.3 Å². The summed E-state index contributed by atoms with van der Waals surface area (Å²) < 4.78 is 0. The van der Waals surface area contributed by atoms with Crippen LogP contribution in [0.15, 0.2) is 109 Å². The van der Waals surface area contributed by atoms with Crippen LogP contribution in [0.2, 0.25) is 5.02 Å². The van der Waals surface area contributed by atoms with Crippen LogP contribution in [0.1, 0.15) is 22.3 Å². The molecule has 0 aliphatic heterocycles. The molecule has 0 aliphatic rings. The quantitative estimate of drug-likeness (QED) is 0.273. The largest absolute Gasteiger partial charge is 0.311 e. The maximum Gasteiger partial charge on any atom is 0.0462 e. The average Bonchev–Trinajstić information content (AvgIpc) is 2.81. The second kappa shape index (κ2) is 10.2. The number of halogens is 1. The fourth-order valence-corrected chi connectivity index (χ4v) is 3.60. The SMILES string of the molecule is Cc1ccc(N(c2ccc(C)cc2)c2ccc(/C=C/C=C/c3ccc(Cl)cc3)cc2)cc1. The number of allylic oxidation sites excluding steroid dienone is 2. The summed E-state index contributed by atoms with van der Waals surface area (Å²) in [7, 11) is 0. The Morgan fingerprint density at radius 1 is 0.500 bits per heavy atom. The first-order chi connectivity index (χ1) is 15.6. The maximum absolute atomic E-state index is 5.94. The molecule has 0 N–H and O–H groups in total. The second-order valence-electron chi connectivity index (χ2n) is 7.87. The van der Waals surface area contributed by atoms with E-state index in [1.165, 1.54) is 11.1 Å². The molecule has 4 aromatic carbocycles. The summed E-state index contributed by atoms with van der Waals surface area (Å²) in [6, 6.07) is 33.7. The van der Waals surface area contributed by atoms with Gasteiger partial charge in [0, 0.05) is 22.1 Å². The Hall–Kier alpha value is -3.55. The van der Waals surface area contributed by atoms with Crippen LogP contribution in [0, 0.1) is 13.8 Å². The van der Waals surface area contributed by atoms with E-state index in [4.69, 9.17) is 11.6 Å². The molecule has 0 heterocycles. The number of anilines is 3. The molecule has 0 saturated carbocycles. The molecule has 0 aromatic heterocycles. The molecular weight excluding hydrogens is 410 g/mol. The van der Waals surface area contributed by atoms with Crippen molar-refractivity contribution >= 4 is 40.8 Å². The van der Waals surface area contributed by atoms with Gasteiger partial charge in [0.1, 0.15) is 0 Å². The molecule has 0 amide bonds. The van der Waals surface area contributed by atoms with Crippen LogP contribution in [0.3, 0.4) is 0 Å². The first kappa shape index (κ1) is 21.7. The number of nitrogens with zero attached hydrogens (tertiary/aromatic N) is 1. The van der Waals surface area contributed by atoms with Gasteiger partial charge < -0.3 is 4.90 Å². The molecule has 1 nitrogen and oxygen atoms in total. The second-order valence-corrected chi connectivity index (χ2v) is 8.30. The van der Waals surface area contributed by atoms with E-state index in [0.717, 1.165) is 33.2 Å². The average molecular weight is 436 g/mol. The minimum absolute atomic E-state index is 0.753. The summed E-state index contributed by atoms with van der Waals surface area (Å²) in [6.45, 7) is 4.23.